The fraction of sp³-hybridized carbons (Fsp3) is 1.00. The molecule has 2 unspecified atom stereocenters. The maximum Gasteiger partial charge on any atom is 0.0789 e. The van der Waals surface area contributed by atoms with Crippen LogP contribution in [0.3, 0.4) is 0 Å². The van der Waals surface area contributed by atoms with E-state index in [4.69, 9.17) is 5.73 Å². The van der Waals surface area contributed by atoms with Crippen molar-refractivity contribution >= 4 is 0 Å². The number of piperazine rings is 1. The van der Waals surface area contributed by atoms with Gasteiger partial charge in [-0.1, -0.05) is 0 Å². The molecule has 13 heavy (non-hydrogen) atoms. The van der Waals surface area contributed by atoms with Gasteiger partial charge in [0, 0.05) is 38.8 Å². The summed E-state index contributed by atoms with van der Waals surface area (Å²) in [4.78, 5) is 4.62. The number of nitrogens with zero attached hydrogens (tertiary/aromatic N) is 2. The highest BCUT2D eigenvalue weighted by Crippen LogP contribution is 2.06. The van der Waals surface area contributed by atoms with Crippen molar-refractivity contribution in [2.45, 2.75) is 19.1 Å². The van der Waals surface area contributed by atoms with Gasteiger partial charge < -0.3 is 15.7 Å². The van der Waals surface area contributed by atoms with Crippen molar-refractivity contribution < 1.29 is 5.11 Å². The lowest BCUT2D eigenvalue weighted by molar-refractivity contribution is 0.0603. The van der Waals surface area contributed by atoms with Gasteiger partial charge >= 0.3 is 0 Å². The molecule has 1 rings (SSSR count). The average Bonchev–Trinajstić information content (AvgIpc) is 2.11. The molecule has 0 amide bonds. The van der Waals surface area contributed by atoms with Gasteiger partial charge in [-0.2, -0.15) is 0 Å². The number of β-amino-alcohol motifs (C(OH)–C–C–N with tert-alkyl or cyclic N) is 1. The number of rotatable bonds is 3. The summed E-state index contributed by atoms with van der Waals surface area (Å²) < 4.78 is 0. The van der Waals surface area contributed by atoms with Crippen molar-refractivity contribution in [2.75, 3.05) is 39.8 Å². The van der Waals surface area contributed by atoms with E-state index in [1.165, 1.54) is 0 Å². The van der Waals surface area contributed by atoms with Crippen LogP contribution in [-0.4, -0.2) is 66.8 Å². The zero-order valence-electron chi connectivity index (χ0n) is 8.61. The van der Waals surface area contributed by atoms with Gasteiger partial charge in [0.25, 0.3) is 0 Å². The highest BCUT2D eigenvalue weighted by molar-refractivity contribution is 4.78. The Balaban J connectivity index is 2.29. The number of hydrogen-bond acceptors (Lipinski definition) is 4. The summed E-state index contributed by atoms with van der Waals surface area (Å²) in [5.74, 6) is 0. The Morgan fingerprint density at radius 2 is 2.23 bits per heavy atom. The molecular formula is C9H21N3O. The third-order valence-corrected chi connectivity index (χ3v) is 2.78. The van der Waals surface area contributed by atoms with E-state index in [2.05, 4.69) is 23.8 Å². The van der Waals surface area contributed by atoms with Crippen molar-refractivity contribution in [3.05, 3.63) is 0 Å². The van der Waals surface area contributed by atoms with Crippen LogP contribution in [0.25, 0.3) is 0 Å². The molecule has 0 spiro atoms. The van der Waals surface area contributed by atoms with E-state index in [0.717, 1.165) is 19.6 Å². The Morgan fingerprint density at radius 1 is 1.54 bits per heavy atom. The first-order valence-electron chi connectivity index (χ1n) is 4.94. The van der Waals surface area contributed by atoms with Crippen LogP contribution < -0.4 is 5.73 Å². The van der Waals surface area contributed by atoms with Gasteiger partial charge in [0.2, 0.25) is 0 Å². The van der Waals surface area contributed by atoms with E-state index in [1.807, 2.05) is 0 Å². The molecule has 3 N–H and O–H groups in total. The van der Waals surface area contributed by atoms with E-state index < -0.39 is 0 Å². The quantitative estimate of drug-likeness (QED) is 0.591. The van der Waals surface area contributed by atoms with Gasteiger partial charge in [-0.05, 0) is 14.0 Å². The van der Waals surface area contributed by atoms with Crippen molar-refractivity contribution in [3.63, 3.8) is 0 Å². The van der Waals surface area contributed by atoms with E-state index in [-0.39, 0.29) is 6.10 Å². The third-order valence-electron chi connectivity index (χ3n) is 2.78. The largest absolute Gasteiger partial charge is 0.390 e. The molecular weight excluding hydrogens is 166 g/mol. The Bertz CT molecular complexity index is 152. The smallest absolute Gasteiger partial charge is 0.0789 e. The molecule has 0 radical (unpaired) electrons. The van der Waals surface area contributed by atoms with E-state index in [1.54, 1.807) is 0 Å². The van der Waals surface area contributed by atoms with E-state index in [9.17, 15) is 5.11 Å². The van der Waals surface area contributed by atoms with Gasteiger partial charge in [-0.25, -0.2) is 0 Å². The van der Waals surface area contributed by atoms with E-state index >= 15 is 0 Å². The molecule has 0 aromatic carbocycles. The van der Waals surface area contributed by atoms with Gasteiger partial charge in [-0.15, -0.1) is 0 Å². The second-order valence-electron chi connectivity index (χ2n) is 3.98. The fourth-order valence-electron chi connectivity index (χ4n) is 1.66. The van der Waals surface area contributed by atoms with Crippen molar-refractivity contribution in [1.29, 1.82) is 0 Å². The molecule has 2 atom stereocenters. The van der Waals surface area contributed by atoms with Crippen molar-refractivity contribution in [1.82, 2.24) is 9.80 Å². The summed E-state index contributed by atoms with van der Waals surface area (Å²) in [7, 11) is 2.14. The number of likely N-dealkylation sites (N-methyl/N-ethyl adjacent to an activating group) is 1. The zero-order valence-corrected chi connectivity index (χ0v) is 8.61. The SMILES string of the molecule is CC1CN(CC(O)CN)CCN1C. The Hall–Kier alpha value is -0.160. The first kappa shape index (κ1) is 10.9. The highest BCUT2D eigenvalue weighted by atomic mass is 16.3. The molecule has 0 saturated carbocycles. The van der Waals surface area contributed by atoms with Gasteiger partial charge in [0.15, 0.2) is 0 Å². The molecule has 0 bridgehead atoms. The Labute approximate surface area is 80.3 Å². The predicted octanol–water partition coefficient (Wildman–Crippen LogP) is -1.06. The summed E-state index contributed by atoms with van der Waals surface area (Å²) >= 11 is 0. The van der Waals surface area contributed by atoms with Gasteiger partial charge in [0.1, 0.15) is 0 Å². The van der Waals surface area contributed by atoms with Crippen LogP contribution in [0.5, 0.6) is 0 Å². The first-order valence-corrected chi connectivity index (χ1v) is 4.94. The average molecular weight is 187 g/mol. The molecule has 1 heterocycles. The molecule has 1 saturated heterocycles. The summed E-state index contributed by atoms with van der Waals surface area (Å²) in [6, 6.07) is 0.582. The minimum Gasteiger partial charge on any atom is -0.390 e. The first-order chi connectivity index (χ1) is 6.13. The molecule has 1 fully saturated rings. The van der Waals surface area contributed by atoms with Gasteiger partial charge in [-0.3, -0.25) is 4.90 Å². The van der Waals surface area contributed by atoms with Crippen LogP contribution in [0.4, 0.5) is 0 Å². The standard InChI is InChI=1S/C9H21N3O/c1-8-6-12(4-3-11(8)2)7-9(13)5-10/h8-9,13H,3-7,10H2,1-2H3. The number of aliphatic hydroxyl groups is 1. The molecule has 0 aromatic rings. The summed E-state index contributed by atoms with van der Waals surface area (Å²) in [5.41, 5.74) is 5.36. The fourth-order valence-corrected chi connectivity index (χ4v) is 1.66. The minimum absolute atomic E-state index is 0.362. The number of hydrogen-bond donors (Lipinski definition) is 2. The number of aliphatic hydroxyl groups excluding tert-OH is 1. The predicted molar refractivity (Wildman–Crippen MR) is 53.6 cm³/mol. The topological polar surface area (TPSA) is 52.7 Å². The van der Waals surface area contributed by atoms with Crippen molar-refractivity contribution in [3.8, 4) is 0 Å². The Kier molecular flexibility index (Phi) is 4.12. The molecule has 1 aliphatic heterocycles. The zero-order chi connectivity index (χ0) is 9.84. The molecule has 78 valence electrons. The lowest BCUT2D eigenvalue weighted by Gasteiger charge is -2.38. The molecule has 0 aliphatic carbocycles. The molecule has 0 aromatic heterocycles. The van der Waals surface area contributed by atoms with Crippen LogP contribution in [-0.2, 0) is 0 Å². The number of nitrogens with two attached hydrogens (primary N) is 1. The van der Waals surface area contributed by atoms with Crippen LogP contribution in [0.15, 0.2) is 0 Å². The summed E-state index contributed by atoms with van der Waals surface area (Å²) in [5, 5.41) is 9.38. The van der Waals surface area contributed by atoms with Crippen LogP contribution >= 0.6 is 0 Å². The summed E-state index contributed by atoms with van der Waals surface area (Å²) in [6.07, 6.45) is -0.365. The van der Waals surface area contributed by atoms with Crippen LogP contribution in [0.2, 0.25) is 0 Å². The minimum atomic E-state index is -0.365. The highest BCUT2D eigenvalue weighted by Gasteiger charge is 2.21. The molecule has 4 nitrogen and oxygen atoms in total. The lowest BCUT2D eigenvalue weighted by atomic mass is 10.2. The maximum absolute atomic E-state index is 9.38. The monoisotopic (exact) mass is 187 g/mol. The third kappa shape index (κ3) is 3.23. The van der Waals surface area contributed by atoms with Gasteiger partial charge in [0.05, 0.1) is 6.10 Å². The summed E-state index contributed by atoms with van der Waals surface area (Å²) in [6.45, 7) is 6.44. The van der Waals surface area contributed by atoms with Crippen LogP contribution in [0.1, 0.15) is 6.92 Å². The second kappa shape index (κ2) is 4.91. The van der Waals surface area contributed by atoms with E-state index in [0.29, 0.717) is 19.1 Å². The van der Waals surface area contributed by atoms with Crippen LogP contribution in [0, 0.1) is 0 Å². The van der Waals surface area contributed by atoms with Crippen molar-refractivity contribution in [2.24, 2.45) is 5.73 Å². The molecule has 1 aliphatic rings. The Morgan fingerprint density at radius 3 is 2.77 bits per heavy atom. The maximum atomic E-state index is 9.38. The normalized spacial score (nSPS) is 29.1. The second-order valence-corrected chi connectivity index (χ2v) is 3.98. The molecule has 4 heteroatoms. The lowest BCUT2D eigenvalue weighted by Crippen LogP contribution is -2.52.